The van der Waals surface area contributed by atoms with Crippen molar-refractivity contribution in [3.8, 4) is 5.75 Å². The molecule has 0 atom stereocenters. The Labute approximate surface area is 162 Å². The molecule has 1 aromatic carbocycles. The number of carbonyl (C=O) groups excluding carboxylic acids is 2. The molecule has 2 aliphatic heterocycles. The van der Waals surface area contributed by atoms with Crippen molar-refractivity contribution in [2.45, 2.75) is 12.8 Å². The fraction of sp³-hybridized carbons (Fsp3) is 0.316. The molecule has 0 aromatic heterocycles. The molecule has 2 saturated heterocycles. The van der Waals surface area contributed by atoms with Crippen LogP contribution in [0.2, 0.25) is 0 Å². The molecule has 0 aliphatic carbocycles. The summed E-state index contributed by atoms with van der Waals surface area (Å²) in [5.41, 5.74) is 0.751. The van der Waals surface area contributed by atoms with Gasteiger partial charge in [-0.1, -0.05) is 48.3 Å². The molecule has 136 valence electrons. The van der Waals surface area contributed by atoms with E-state index in [0.717, 1.165) is 31.5 Å². The highest BCUT2D eigenvalue weighted by Gasteiger charge is 2.31. The summed E-state index contributed by atoms with van der Waals surface area (Å²) in [6.07, 6.45) is 5.51. The summed E-state index contributed by atoms with van der Waals surface area (Å²) < 4.78 is 6.26. The first-order valence-corrected chi connectivity index (χ1v) is 9.68. The van der Waals surface area contributed by atoms with Crippen molar-refractivity contribution in [2.75, 3.05) is 26.2 Å². The van der Waals surface area contributed by atoms with Gasteiger partial charge in [-0.2, -0.15) is 0 Å². The first-order valence-electron chi connectivity index (χ1n) is 8.46. The second kappa shape index (κ2) is 8.51. The second-order valence-corrected chi connectivity index (χ2v) is 7.67. The number of amides is 2. The average Bonchev–Trinajstić information content (AvgIpc) is 3.26. The summed E-state index contributed by atoms with van der Waals surface area (Å²) in [6.45, 7) is 5.65. The number of thiocarbonyl (C=S) groups is 1. The number of para-hydroxylation sites is 1. The van der Waals surface area contributed by atoms with Gasteiger partial charge >= 0.3 is 0 Å². The molecule has 0 N–H and O–H groups in total. The Hall–Kier alpha value is -2.12. The topological polar surface area (TPSA) is 49.9 Å². The van der Waals surface area contributed by atoms with Crippen LogP contribution in [-0.4, -0.2) is 52.2 Å². The fourth-order valence-electron chi connectivity index (χ4n) is 2.86. The molecular formula is C19H20N2O3S2. The van der Waals surface area contributed by atoms with Crippen LogP contribution in [0.15, 0.2) is 41.8 Å². The molecule has 0 saturated carbocycles. The molecule has 0 spiro atoms. The van der Waals surface area contributed by atoms with Crippen LogP contribution >= 0.6 is 24.0 Å². The van der Waals surface area contributed by atoms with Crippen LogP contribution in [0.4, 0.5) is 0 Å². The van der Waals surface area contributed by atoms with Gasteiger partial charge in [-0.15, -0.1) is 6.58 Å². The molecule has 1 aromatic rings. The zero-order chi connectivity index (χ0) is 18.5. The van der Waals surface area contributed by atoms with Crippen molar-refractivity contribution < 1.29 is 14.3 Å². The van der Waals surface area contributed by atoms with Gasteiger partial charge in [0.15, 0.2) is 6.61 Å². The Morgan fingerprint density at radius 2 is 2.04 bits per heavy atom. The number of likely N-dealkylation sites (tertiary alicyclic amines) is 1. The van der Waals surface area contributed by atoms with Crippen molar-refractivity contribution in [1.29, 1.82) is 0 Å². The van der Waals surface area contributed by atoms with E-state index in [1.165, 1.54) is 16.7 Å². The van der Waals surface area contributed by atoms with Gasteiger partial charge in [0.1, 0.15) is 10.1 Å². The van der Waals surface area contributed by atoms with Crippen LogP contribution in [0.3, 0.4) is 0 Å². The maximum atomic E-state index is 12.5. The quantitative estimate of drug-likeness (QED) is 0.426. The number of rotatable bonds is 6. The van der Waals surface area contributed by atoms with Crippen molar-refractivity contribution in [2.24, 2.45) is 0 Å². The average molecular weight is 389 g/mol. The molecule has 0 unspecified atom stereocenters. The lowest BCUT2D eigenvalue weighted by Gasteiger charge is -2.16. The van der Waals surface area contributed by atoms with Gasteiger partial charge in [-0.3, -0.25) is 14.5 Å². The predicted octanol–water partition coefficient (Wildman–Crippen LogP) is 3.08. The van der Waals surface area contributed by atoms with E-state index in [1.807, 2.05) is 23.1 Å². The van der Waals surface area contributed by atoms with E-state index in [1.54, 1.807) is 18.2 Å². The largest absolute Gasteiger partial charge is 0.483 e. The number of benzene rings is 1. The van der Waals surface area contributed by atoms with Crippen molar-refractivity contribution >= 4 is 46.2 Å². The molecular weight excluding hydrogens is 368 g/mol. The van der Waals surface area contributed by atoms with Crippen LogP contribution in [0.5, 0.6) is 5.75 Å². The molecule has 2 amide bonds. The van der Waals surface area contributed by atoms with Gasteiger partial charge in [-0.25, -0.2) is 0 Å². The lowest BCUT2D eigenvalue weighted by molar-refractivity contribution is -0.132. The first-order chi connectivity index (χ1) is 12.6. The second-order valence-electron chi connectivity index (χ2n) is 6.00. The molecule has 5 nitrogen and oxygen atoms in total. The summed E-state index contributed by atoms with van der Waals surface area (Å²) in [4.78, 5) is 28.5. The van der Waals surface area contributed by atoms with Crippen LogP contribution in [-0.2, 0) is 9.59 Å². The van der Waals surface area contributed by atoms with Gasteiger partial charge in [0, 0.05) is 25.2 Å². The van der Waals surface area contributed by atoms with Crippen molar-refractivity contribution in [1.82, 2.24) is 9.80 Å². The first kappa shape index (κ1) is 18.7. The molecule has 26 heavy (non-hydrogen) atoms. The summed E-state index contributed by atoms with van der Waals surface area (Å²) in [6, 6.07) is 7.37. The van der Waals surface area contributed by atoms with Crippen LogP contribution in [0.25, 0.3) is 6.08 Å². The number of nitrogens with zero attached hydrogens (tertiary/aromatic N) is 2. The van der Waals surface area contributed by atoms with Crippen LogP contribution in [0, 0.1) is 0 Å². The zero-order valence-electron chi connectivity index (χ0n) is 14.3. The highest BCUT2D eigenvalue weighted by atomic mass is 32.2. The lowest BCUT2D eigenvalue weighted by Crippen LogP contribution is -2.32. The lowest BCUT2D eigenvalue weighted by atomic mass is 10.2. The standard InChI is InChI=1S/C19H20N2O3S2/c1-2-9-21-18(23)16(26-19(21)25)12-14-7-3-4-8-15(14)24-13-17(22)20-10-5-6-11-20/h2-4,7-8,12H,1,5-6,9-11,13H2. The predicted molar refractivity (Wildman–Crippen MR) is 108 cm³/mol. The van der Waals surface area contributed by atoms with Gasteiger partial charge in [-0.05, 0) is 25.0 Å². The third-order valence-corrected chi connectivity index (χ3v) is 5.58. The third kappa shape index (κ3) is 4.16. The van der Waals surface area contributed by atoms with E-state index in [-0.39, 0.29) is 18.4 Å². The number of hydrogen-bond acceptors (Lipinski definition) is 5. The van der Waals surface area contributed by atoms with E-state index in [4.69, 9.17) is 17.0 Å². The maximum absolute atomic E-state index is 12.5. The SMILES string of the molecule is C=CCN1C(=O)C(=Cc2ccccc2OCC(=O)N2CCCC2)SC1=S. The van der Waals surface area contributed by atoms with Crippen molar-refractivity contribution in [3.05, 3.63) is 47.4 Å². The Bertz CT molecular complexity index is 770. The maximum Gasteiger partial charge on any atom is 0.266 e. The monoisotopic (exact) mass is 388 g/mol. The van der Waals surface area contributed by atoms with E-state index in [9.17, 15) is 9.59 Å². The molecule has 0 bridgehead atoms. The van der Waals surface area contributed by atoms with E-state index >= 15 is 0 Å². The molecule has 3 rings (SSSR count). The third-order valence-electron chi connectivity index (χ3n) is 4.20. The van der Waals surface area contributed by atoms with Crippen LogP contribution < -0.4 is 4.74 Å². The number of hydrogen-bond donors (Lipinski definition) is 0. The normalized spacial score (nSPS) is 18.7. The molecule has 2 heterocycles. The Morgan fingerprint density at radius 1 is 1.31 bits per heavy atom. The summed E-state index contributed by atoms with van der Waals surface area (Å²) in [5.74, 6) is 0.437. The minimum Gasteiger partial charge on any atom is -0.483 e. The molecule has 2 aliphatic rings. The highest BCUT2D eigenvalue weighted by Crippen LogP contribution is 2.34. The fourth-order valence-corrected chi connectivity index (χ4v) is 4.12. The van der Waals surface area contributed by atoms with Gasteiger partial charge in [0.25, 0.3) is 11.8 Å². The Morgan fingerprint density at radius 3 is 2.77 bits per heavy atom. The molecule has 7 heteroatoms. The van der Waals surface area contributed by atoms with Gasteiger partial charge in [0.2, 0.25) is 0 Å². The van der Waals surface area contributed by atoms with Gasteiger partial charge in [0.05, 0.1) is 4.91 Å². The number of carbonyl (C=O) groups is 2. The summed E-state index contributed by atoms with van der Waals surface area (Å²) in [7, 11) is 0. The Kier molecular flexibility index (Phi) is 6.11. The molecule has 0 radical (unpaired) electrons. The highest BCUT2D eigenvalue weighted by molar-refractivity contribution is 8.26. The number of ether oxygens (including phenoxy) is 1. The van der Waals surface area contributed by atoms with E-state index in [0.29, 0.717) is 21.5 Å². The van der Waals surface area contributed by atoms with E-state index in [2.05, 4.69) is 6.58 Å². The van der Waals surface area contributed by atoms with E-state index < -0.39 is 0 Å². The van der Waals surface area contributed by atoms with Gasteiger partial charge < -0.3 is 9.64 Å². The number of thioether (sulfide) groups is 1. The summed E-state index contributed by atoms with van der Waals surface area (Å²) in [5, 5.41) is 0. The Balaban J connectivity index is 1.73. The summed E-state index contributed by atoms with van der Waals surface area (Å²) >= 11 is 6.51. The zero-order valence-corrected chi connectivity index (χ0v) is 16.0. The minimum atomic E-state index is -0.136. The molecule has 2 fully saturated rings. The smallest absolute Gasteiger partial charge is 0.266 e. The van der Waals surface area contributed by atoms with Crippen LogP contribution in [0.1, 0.15) is 18.4 Å². The van der Waals surface area contributed by atoms with Crippen molar-refractivity contribution in [3.63, 3.8) is 0 Å². The minimum absolute atomic E-state index is 0.00226.